The van der Waals surface area contributed by atoms with Gasteiger partial charge in [-0.05, 0) is 31.9 Å². The van der Waals surface area contributed by atoms with Gasteiger partial charge in [-0.3, -0.25) is 9.59 Å². The van der Waals surface area contributed by atoms with Crippen molar-refractivity contribution < 1.29 is 14.3 Å². The fourth-order valence-corrected chi connectivity index (χ4v) is 3.33. The van der Waals surface area contributed by atoms with Gasteiger partial charge in [0.05, 0.1) is 19.6 Å². The second-order valence-corrected chi connectivity index (χ2v) is 6.55. The van der Waals surface area contributed by atoms with Crippen molar-refractivity contribution in [1.29, 1.82) is 0 Å². The van der Waals surface area contributed by atoms with E-state index in [1.807, 2.05) is 17.9 Å². The van der Waals surface area contributed by atoms with E-state index in [1.54, 1.807) is 13.1 Å². The summed E-state index contributed by atoms with van der Waals surface area (Å²) in [5, 5.41) is 1.00. The van der Waals surface area contributed by atoms with Crippen molar-refractivity contribution in [2.24, 2.45) is 0 Å². The van der Waals surface area contributed by atoms with E-state index < -0.39 is 0 Å². The minimum absolute atomic E-state index is 0.0156. The summed E-state index contributed by atoms with van der Waals surface area (Å²) in [4.78, 5) is 30.4. The summed E-state index contributed by atoms with van der Waals surface area (Å²) in [6.45, 7) is 8.82. The maximum atomic E-state index is 12.4. The number of amides is 1. The highest BCUT2D eigenvalue weighted by Gasteiger charge is 2.25. The Morgan fingerprint density at radius 1 is 1.28 bits per heavy atom. The predicted molar refractivity (Wildman–Crippen MR) is 95.6 cm³/mol. The highest BCUT2D eigenvalue weighted by atomic mass is 16.5. The molecule has 0 fully saturated rings. The van der Waals surface area contributed by atoms with Crippen LogP contribution in [-0.4, -0.2) is 45.9 Å². The number of ketones is 1. The molecule has 6 heteroatoms. The Balaban J connectivity index is 1.80. The van der Waals surface area contributed by atoms with Crippen LogP contribution in [0.2, 0.25) is 0 Å². The molecule has 3 heterocycles. The number of carbonyl (C=O) groups is 2. The van der Waals surface area contributed by atoms with E-state index in [1.165, 1.54) is 0 Å². The average molecular weight is 343 g/mol. The number of hydrogen-bond donors (Lipinski definition) is 0. The van der Waals surface area contributed by atoms with Crippen molar-refractivity contribution in [3.05, 3.63) is 29.1 Å². The third-order valence-electron chi connectivity index (χ3n) is 4.79. The number of pyridine rings is 1. The Labute approximate surface area is 147 Å². The molecule has 134 valence electrons. The quantitative estimate of drug-likeness (QED) is 0.597. The SMILES string of the molecule is CCCOCCC(=O)N1CCn2c(c(C)c3cc(C(C)=O)cnc32)C1. The van der Waals surface area contributed by atoms with Crippen LogP contribution in [0.5, 0.6) is 0 Å². The molecule has 2 aromatic heterocycles. The Kier molecular flexibility index (Phi) is 5.18. The largest absolute Gasteiger partial charge is 0.381 e. The van der Waals surface area contributed by atoms with Gasteiger partial charge in [0.15, 0.2) is 5.78 Å². The third kappa shape index (κ3) is 3.44. The molecule has 0 spiro atoms. The maximum Gasteiger partial charge on any atom is 0.225 e. The second kappa shape index (κ2) is 7.35. The smallest absolute Gasteiger partial charge is 0.225 e. The predicted octanol–water partition coefficient (Wildman–Crippen LogP) is 2.71. The van der Waals surface area contributed by atoms with Gasteiger partial charge in [0.1, 0.15) is 5.65 Å². The van der Waals surface area contributed by atoms with Gasteiger partial charge in [-0.15, -0.1) is 0 Å². The summed E-state index contributed by atoms with van der Waals surface area (Å²) >= 11 is 0. The summed E-state index contributed by atoms with van der Waals surface area (Å²) < 4.78 is 7.60. The molecule has 0 N–H and O–H groups in total. The summed E-state index contributed by atoms with van der Waals surface area (Å²) in [6.07, 6.45) is 3.03. The Morgan fingerprint density at radius 2 is 2.08 bits per heavy atom. The summed E-state index contributed by atoms with van der Waals surface area (Å²) in [6, 6.07) is 1.91. The zero-order valence-electron chi connectivity index (χ0n) is 15.2. The number of Topliss-reactive ketones (excluding diaryl/α,β-unsaturated/α-hetero) is 1. The number of rotatable bonds is 6. The van der Waals surface area contributed by atoms with Gasteiger partial charge in [-0.25, -0.2) is 4.98 Å². The van der Waals surface area contributed by atoms with E-state index in [0.717, 1.165) is 35.3 Å². The van der Waals surface area contributed by atoms with E-state index in [0.29, 0.717) is 38.3 Å². The van der Waals surface area contributed by atoms with Crippen LogP contribution in [0.1, 0.15) is 48.3 Å². The van der Waals surface area contributed by atoms with Gasteiger partial charge in [0.25, 0.3) is 0 Å². The number of ether oxygens (including phenoxy) is 1. The first-order chi connectivity index (χ1) is 12.0. The van der Waals surface area contributed by atoms with Crippen LogP contribution in [0.25, 0.3) is 11.0 Å². The maximum absolute atomic E-state index is 12.4. The molecule has 0 unspecified atom stereocenters. The average Bonchev–Trinajstić information content (AvgIpc) is 2.90. The van der Waals surface area contributed by atoms with E-state index >= 15 is 0 Å². The molecule has 0 saturated carbocycles. The van der Waals surface area contributed by atoms with Crippen LogP contribution in [0.4, 0.5) is 0 Å². The molecule has 0 bridgehead atoms. The highest BCUT2D eigenvalue weighted by molar-refractivity contribution is 5.97. The zero-order chi connectivity index (χ0) is 18.0. The lowest BCUT2D eigenvalue weighted by Crippen LogP contribution is -2.38. The van der Waals surface area contributed by atoms with Gasteiger partial charge >= 0.3 is 0 Å². The Hall–Kier alpha value is -2.21. The molecule has 0 saturated heterocycles. The van der Waals surface area contributed by atoms with Gasteiger partial charge in [-0.2, -0.15) is 0 Å². The van der Waals surface area contributed by atoms with Crippen molar-refractivity contribution >= 4 is 22.7 Å². The van der Waals surface area contributed by atoms with Crippen molar-refractivity contribution in [2.45, 2.75) is 46.7 Å². The molecular formula is C19H25N3O3. The third-order valence-corrected chi connectivity index (χ3v) is 4.79. The van der Waals surface area contributed by atoms with Gasteiger partial charge in [-0.1, -0.05) is 6.92 Å². The molecule has 6 nitrogen and oxygen atoms in total. The second-order valence-electron chi connectivity index (χ2n) is 6.55. The molecule has 2 aromatic rings. The molecule has 25 heavy (non-hydrogen) atoms. The number of aromatic nitrogens is 2. The fourth-order valence-electron chi connectivity index (χ4n) is 3.33. The first kappa shape index (κ1) is 17.6. The van der Waals surface area contributed by atoms with Gasteiger partial charge in [0, 0.05) is 42.5 Å². The zero-order valence-corrected chi connectivity index (χ0v) is 15.2. The molecule has 1 aliphatic heterocycles. The van der Waals surface area contributed by atoms with Crippen LogP contribution in [0.15, 0.2) is 12.3 Å². The summed E-state index contributed by atoms with van der Waals surface area (Å²) in [7, 11) is 0. The molecule has 0 atom stereocenters. The normalized spacial score (nSPS) is 14.0. The Bertz CT molecular complexity index is 810. The lowest BCUT2D eigenvalue weighted by molar-refractivity contribution is -0.133. The standard InChI is InChI=1S/C19H25N3O3/c1-4-8-25-9-5-18(24)21-6-7-22-17(12-21)13(2)16-10-15(14(3)23)11-20-19(16)22/h10-11H,4-9,12H2,1-3H3. The van der Waals surface area contributed by atoms with E-state index in [9.17, 15) is 9.59 Å². The van der Waals surface area contributed by atoms with Gasteiger partial charge in [0.2, 0.25) is 5.91 Å². The molecule has 3 rings (SSSR count). The minimum Gasteiger partial charge on any atom is -0.381 e. The van der Waals surface area contributed by atoms with Crippen molar-refractivity contribution in [1.82, 2.24) is 14.5 Å². The van der Waals surface area contributed by atoms with Crippen molar-refractivity contribution in [3.63, 3.8) is 0 Å². The molecule has 1 aliphatic rings. The Morgan fingerprint density at radius 3 is 2.80 bits per heavy atom. The van der Waals surface area contributed by atoms with Crippen LogP contribution in [0.3, 0.4) is 0 Å². The van der Waals surface area contributed by atoms with E-state index in [2.05, 4.69) is 16.5 Å². The topological polar surface area (TPSA) is 64.4 Å². The summed E-state index contributed by atoms with van der Waals surface area (Å²) in [5.74, 6) is 0.145. The minimum atomic E-state index is 0.0156. The molecular weight excluding hydrogens is 318 g/mol. The fraction of sp³-hybridized carbons (Fsp3) is 0.526. The van der Waals surface area contributed by atoms with Crippen LogP contribution < -0.4 is 0 Å². The lowest BCUT2D eigenvalue weighted by atomic mass is 10.1. The van der Waals surface area contributed by atoms with Crippen LogP contribution in [0, 0.1) is 6.92 Å². The lowest BCUT2D eigenvalue weighted by Gasteiger charge is -2.29. The number of nitrogens with zero attached hydrogens (tertiary/aromatic N) is 3. The molecule has 0 aromatic carbocycles. The summed E-state index contributed by atoms with van der Waals surface area (Å²) in [5.41, 5.74) is 3.73. The number of hydrogen-bond acceptors (Lipinski definition) is 4. The van der Waals surface area contributed by atoms with Crippen molar-refractivity contribution in [2.75, 3.05) is 19.8 Å². The highest BCUT2D eigenvalue weighted by Crippen LogP contribution is 2.28. The number of aryl methyl sites for hydroxylation is 1. The molecule has 0 radical (unpaired) electrons. The van der Waals surface area contributed by atoms with Crippen LogP contribution in [-0.2, 0) is 22.6 Å². The monoisotopic (exact) mass is 343 g/mol. The first-order valence-electron chi connectivity index (χ1n) is 8.87. The number of fused-ring (bicyclic) bond motifs is 3. The van der Waals surface area contributed by atoms with Gasteiger partial charge < -0.3 is 14.2 Å². The van der Waals surface area contributed by atoms with E-state index in [4.69, 9.17) is 4.74 Å². The van der Waals surface area contributed by atoms with E-state index in [-0.39, 0.29) is 11.7 Å². The molecule has 1 amide bonds. The molecule has 0 aliphatic carbocycles. The first-order valence-corrected chi connectivity index (χ1v) is 8.87. The van der Waals surface area contributed by atoms with Crippen LogP contribution >= 0.6 is 0 Å². The van der Waals surface area contributed by atoms with Crippen molar-refractivity contribution in [3.8, 4) is 0 Å². The number of carbonyl (C=O) groups excluding carboxylic acids is 2.